The molecular weight excluding hydrogens is 226 g/mol. The summed E-state index contributed by atoms with van der Waals surface area (Å²) in [5.74, 6) is 1.28. The van der Waals surface area contributed by atoms with Gasteiger partial charge in [-0.2, -0.15) is 12.6 Å². The fraction of sp³-hybridized carbons (Fsp3) is 0.100. The molecule has 3 aromatic rings. The van der Waals surface area contributed by atoms with E-state index in [9.17, 15) is 4.79 Å². The highest BCUT2D eigenvalue weighted by atomic mass is 32.1. The predicted molar refractivity (Wildman–Crippen MR) is 61.7 cm³/mol. The lowest BCUT2D eigenvalue weighted by Crippen LogP contribution is -2.04. The topological polar surface area (TPSA) is 60.4 Å². The molecule has 0 radical (unpaired) electrons. The van der Waals surface area contributed by atoms with Gasteiger partial charge in [0.15, 0.2) is 0 Å². The fourth-order valence-electron chi connectivity index (χ4n) is 1.69. The Morgan fingerprint density at radius 1 is 1.31 bits per heavy atom. The summed E-state index contributed by atoms with van der Waals surface area (Å²) in [6, 6.07) is 7.18. The molecule has 0 spiro atoms. The van der Waals surface area contributed by atoms with E-state index in [0.717, 1.165) is 5.52 Å². The summed E-state index contributed by atoms with van der Waals surface area (Å²) in [5.41, 5.74) is 0.337. The Hall–Kier alpha value is -1.82. The Morgan fingerprint density at radius 2 is 2.12 bits per heavy atom. The molecule has 2 aromatic heterocycles. The van der Waals surface area contributed by atoms with Crippen molar-refractivity contribution in [3.8, 4) is 0 Å². The monoisotopic (exact) mass is 233 g/mol. The molecule has 0 amide bonds. The van der Waals surface area contributed by atoms with Gasteiger partial charge in [0.1, 0.15) is 5.82 Å². The SMILES string of the molecule is O=c1oc2nnc(CS)n2c2ccccc12. The summed E-state index contributed by atoms with van der Waals surface area (Å²) in [7, 11) is 0. The molecule has 0 aliphatic carbocycles. The minimum Gasteiger partial charge on any atom is -0.387 e. The molecule has 0 unspecified atom stereocenters. The molecule has 0 atom stereocenters. The molecule has 0 bridgehead atoms. The quantitative estimate of drug-likeness (QED) is 0.643. The molecule has 0 aliphatic rings. The average Bonchev–Trinajstić information content (AvgIpc) is 2.72. The van der Waals surface area contributed by atoms with Crippen molar-refractivity contribution in [3.63, 3.8) is 0 Å². The highest BCUT2D eigenvalue weighted by Crippen LogP contribution is 2.14. The van der Waals surface area contributed by atoms with Gasteiger partial charge in [0.05, 0.1) is 16.7 Å². The molecule has 0 N–H and O–H groups in total. The summed E-state index contributed by atoms with van der Waals surface area (Å²) in [5, 5.41) is 8.22. The van der Waals surface area contributed by atoms with Gasteiger partial charge < -0.3 is 4.42 Å². The lowest BCUT2D eigenvalue weighted by molar-refractivity contribution is 0.535. The number of thiol groups is 1. The first-order chi connectivity index (χ1) is 7.81. The lowest BCUT2D eigenvalue weighted by Gasteiger charge is -2.00. The average molecular weight is 233 g/mol. The number of hydrogen-bond donors (Lipinski definition) is 1. The predicted octanol–water partition coefficient (Wildman–Crippen LogP) is 1.27. The summed E-state index contributed by atoms with van der Waals surface area (Å²) < 4.78 is 6.76. The third-order valence-electron chi connectivity index (χ3n) is 2.39. The minimum atomic E-state index is -0.402. The standard InChI is InChI=1S/C10H7N3O2S/c14-9-6-3-1-2-4-7(6)13-8(5-16)11-12-10(13)15-9/h1-4,16H,5H2. The van der Waals surface area contributed by atoms with Gasteiger partial charge in [-0.05, 0) is 12.1 Å². The zero-order valence-corrected chi connectivity index (χ0v) is 9.02. The van der Waals surface area contributed by atoms with E-state index in [-0.39, 0.29) is 5.84 Å². The number of rotatable bonds is 1. The van der Waals surface area contributed by atoms with Crippen molar-refractivity contribution in [2.24, 2.45) is 0 Å². The molecule has 0 saturated heterocycles. The molecule has 2 heterocycles. The Labute approximate surface area is 95.1 Å². The van der Waals surface area contributed by atoms with Crippen molar-refractivity contribution in [2.45, 2.75) is 5.75 Å². The van der Waals surface area contributed by atoms with Crippen LogP contribution >= 0.6 is 12.6 Å². The fourth-order valence-corrected chi connectivity index (χ4v) is 1.89. The molecule has 3 rings (SSSR count). The van der Waals surface area contributed by atoms with Crippen LogP contribution in [0.4, 0.5) is 0 Å². The van der Waals surface area contributed by atoms with Gasteiger partial charge in [0.2, 0.25) is 0 Å². The zero-order chi connectivity index (χ0) is 11.1. The summed E-state index contributed by atoms with van der Waals surface area (Å²) in [6.45, 7) is 0. The highest BCUT2D eigenvalue weighted by molar-refractivity contribution is 7.79. The van der Waals surface area contributed by atoms with E-state index >= 15 is 0 Å². The van der Waals surface area contributed by atoms with E-state index in [1.807, 2.05) is 12.1 Å². The van der Waals surface area contributed by atoms with Crippen molar-refractivity contribution in [2.75, 3.05) is 0 Å². The van der Waals surface area contributed by atoms with E-state index in [1.54, 1.807) is 16.5 Å². The van der Waals surface area contributed by atoms with Crippen molar-refractivity contribution in [3.05, 3.63) is 40.5 Å². The van der Waals surface area contributed by atoms with E-state index < -0.39 is 5.63 Å². The molecule has 1 aromatic carbocycles. The van der Waals surface area contributed by atoms with Gasteiger partial charge in [0.25, 0.3) is 0 Å². The largest absolute Gasteiger partial charge is 0.387 e. The number of nitrogens with zero attached hydrogens (tertiary/aromatic N) is 3. The first-order valence-corrected chi connectivity index (χ1v) is 5.31. The number of aromatic nitrogens is 3. The Balaban J connectivity index is 2.64. The van der Waals surface area contributed by atoms with Crippen LogP contribution < -0.4 is 5.63 Å². The van der Waals surface area contributed by atoms with Crippen LogP contribution in [0.15, 0.2) is 33.5 Å². The third kappa shape index (κ3) is 1.16. The number of para-hydroxylation sites is 1. The van der Waals surface area contributed by atoms with Gasteiger partial charge in [0, 0.05) is 0 Å². The van der Waals surface area contributed by atoms with Crippen LogP contribution in [0.2, 0.25) is 0 Å². The van der Waals surface area contributed by atoms with Crippen molar-refractivity contribution < 1.29 is 4.42 Å². The first kappa shape index (κ1) is 9.41. The van der Waals surface area contributed by atoms with E-state index in [2.05, 4.69) is 22.8 Å². The highest BCUT2D eigenvalue weighted by Gasteiger charge is 2.11. The maximum absolute atomic E-state index is 11.6. The van der Waals surface area contributed by atoms with E-state index in [0.29, 0.717) is 17.0 Å². The molecule has 0 fully saturated rings. The van der Waals surface area contributed by atoms with Crippen molar-refractivity contribution in [1.29, 1.82) is 0 Å². The van der Waals surface area contributed by atoms with Gasteiger partial charge >= 0.3 is 11.5 Å². The van der Waals surface area contributed by atoms with Crippen LogP contribution in [0.25, 0.3) is 16.7 Å². The smallest absolute Gasteiger partial charge is 0.348 e. The number of fused-ring (bicyclic) bond motifs is 3. The lowest BCUT2D eigenvalue weighted by atomic mass is 10.2. The van der Waals surface area contributed by atoms with Gasteiger partial charge in [-0.3, -0.25) is 0 Å². The third-order valence-corrected chi connectivity index (χ3v) is 2.67. The Bertz CT molecular complexity index is 732. The normalized spacial score (nSPS) is 11.3. The van der Waals surface area contributed by atoms with Crippen LogP contribution in [-0.4, -0.2) is 14.6 Å². The summed E-state index contributed by atoms with van der Waals surface area (Å²) >= 11 is 4.16. The second-order valence-electron chi connectivity index (χ2n) is 3.30. The van der Waals surface area contributed by atoms with Crippen LogP contribution in [0.1, 0.15) is 5.82 Å². The first-order valence-electron chi connectivity index (χ1n) is 4.68. The maximum atomic E-state index is 11.6. The molecule has 0 aliphatic heterocycles. The van der Waals surface area contributed by atoms with Gasteiger partial charge in [-0.1, -0.05) is 17.2 Å². The van der Waals surface area contributed by atoms with Crippen LogP contribution in [0, 0.1) is 0 Å². The van der Waals surface area contributed by atoms with Crippen molar-refractivity contribution >= 4 is 29.4 Å². The second kappa shape index (κ2) is 3.34. The minimum absolute atomic E-state index is 0.202. The molecule has 16 heavy (non-hydrogen) atoms. The van der Waals surface area contributed by atoms with Crippen LogP contribution in [-0.2, 0) is 5.75 Å². The zero-order valence-electron chi connectivity index (χ0n) is 8.12. The van der Waals surface area contributed by atoms with E-state index in [1.165, 1.54) is 0 Å². The van der Waals surface area contributed by atoms with Gasteiger partial charge in [-0.25, -0.2) is 9.20 Å². The Morgan fingerprint density at radius 3 is 2.94 bits per heavy atom. The van der Waals surface area contributed by atoms with Crippen LogP contribution in [0.5, 0.6) is 0 Å². The van der Waals surface area contributed by atoms with Crippen LogP contribution in [0.3, 0.4) is 0 Å². The maximum Gasteiger partial charge on any atom is 0.348 e. The molecule has 5 nitrogen and oxygen atoms in total. The van der Waals surface area contributed by atoms with Gasteiger partial charge in [-0.15, -0.1) is 5.10 Å². The van der Waals surface area contributed by atoms with Crippen molar-refractivity contribution in [1.82, 2.24) is 14.6 Å². The number of hydrogen-bond acceptors (Lipinski definition) is 5. The number of benzene rings is 1. The molecular formula is C10H7N3O2S. The molecule has 80 valence electrons. The second-order valence-corrected chi connectivity index (χ2v) is 3.62. The summed E-state index contributed by atoms with van der Waals surface area (Å²) in [4.78, 5) is 11.6. The van der Waals surface area contributed by atoms with E-state index in [4.69, 9.17) is 4.42 Å². The molecule has 6 heteroatoms. The Kier molecular flexibility index (Phi) is 1.97. The summed E-state index contributed by atoms with van der Waals surface area (Å²) in [6.07, 6.45) is 0. The molecule has 0 saturated carbocycles.